The molecule has 0 bridgehead atoms. The SMILES string of the molecule is CCOC(=O)c1c(NS(=O)(=O)c2cccc3n[se]nc23)sc(C)c1C. The van der Waals surface area contributed by atoms with E-state index in [1.807, 2.05) is 6.92 Å². The van der Waals surface area contributed by atoms with Gasteiger partial charge < -0.3 is 0 Å². The first-order chi connectivity index (χ1) is 11.8. The van der Waals surface area contributed by atoms with Gasteiger partial charge in [0.2, 0.25) is 0 Å². The molecule has 10 heteroatoms. The van der Waals surface area contributed by atoms with Gasteiger partial charge in [-0.25, -0.2) is 0 Å². The Labute approximate surface area is 155 Å². The van der Waals surface area contributed by atoms with Gasteiger partial charge in [0.25, 0.3) is 0 Å². The van der Waals surface area contributed by atoms with Crippen molar-refractivity contribution in [3.05, 3.63) is 34.2 Å². The van der Waals surface area contributed by atoms with Gasteiger partial charge in [-0.3, -0.25) is 0 Å². The van der Waals surface area contributed by atoms with E-state index in [1.54, 1.807) is 26.0 Å². The number of esters is 1. The molecule has 0 aliphatic carbocycles. The number of aryl methyl sites for hydroxylation is 1. The minimum atomic E-state index is -3.90. The van der Waals surface area contributed by atoms with Crippen molar-refractivity contribution in [3.8, 4) is 0 Å². The molecule has 1 aromatic carbocycles. The van der Waals surface area contributed by atoms with Gasteiger partial charge in [0.15, 0.2) is 0 Å². The number of nitrogens with zero attached hydrogens (tertiary/aromatic N) is 2. The monoisotopic (exact) mass is 445 g/mol. The summed E-state index contributed by atoms with van der Waals surface area (Å²) in [7, 11) is -3.90. The predicted molar refractivity (Wildman–Crippen MR) is 97.0 cm³/mol. The number of hydrogen-bond donors (Lipinski definition) is 1. The Morgan fingerprint density at radius 1 is 1.32 bits per heavy atom. The fourth-order valence-electron chi connectivity index (χ4n) is 2.32. The van der Waals surface area contributed by atoms with Gasteiger partial charge in [0.1, 0.15) is 0 Å². The standard InChI is InChI=1S/C15H15N3O4S2Se/c1-4-22-15(19)12-8(2)9(3)23-14(12)16-24(20,21)11-7-5-6-10-13(11)18-25-17-10/h5-7,16H,4H2,1-3H3. The number of nitrogens with one attached hydrogen (secondary N) is 1. The van der Waals surface area contributed by atoms with E-state index in [1.165, 1.54) is 17.4 Å². The number of ether oxygens (including phenoxy) is 1. The average Bonchev–Trinajstić information content (AvgIpc) is 3.12. The van der Waals surface area contributed by atoms with E-state index in [0.717, 1.165) is 4.88 Å². The maximum absolute atomic E-state index is 12.9. The number of carbonyl (C=O) groups excluding carboxylic acids is 1. The van der Waals surface area contributed by atoms with Gasteiger partial charge in [-0.2, -0.15) is 0 Å². The molecular weight excluding hydrogens is 429 g/mol. The zero-order valence-electron chi connectivity index (χ0n) is 13.7. The molecular formula is C15H15N3O4S2Se. The molecule has 1 N–H and O–H groups in total. The van der Waals surface area contributed by atoms with E-state index in [0.29, 0.717) is 16.6 Å². The Morgan fingerprint density at radius 2 is 2.08 bits per heavy atom. The van der Waals surface area contributed by atoms with E-state index >= 15 is 0 Å². The van der Waals surface area contributed by atoms with Crippen LogP contribution in [-0.2, 0) is 14.8 Å². The molecule has 0 saturated heterocycles. The fraction of sp³-hybridized carbons (Fsp3) is 0.267. The summed E-state index contributed by atoms with van der Waals surface area (Å²) in [5.74, 6) is -0.539. The summed E-state index contributed by atoms with van der Waals surface area (Å²) in [4.78, 5) is 13.1. The third-order valence-corrected chi connectivity index (χ3v) is 7.40. The summed E-state index contributed by atoms with van der Waals surface area (Å²) in [6.45, 7) is 5.52. The van der Waals surface area contributed by atoms with Crippen LogP contribution in [0.25, 0.3) is 11.0 Å². The van der Waals surface area contributed by atoms with Crippen molar-refractivity contribution in [2.24, 2.45) is 0 Å². The molecule has 0 spiro atoms. The number of rotatable bonds is 5. The maximum atomic E-state index is 12.9. The normalized spacial score (nSPS) is 11.6. The summed E-state index contributed by atoms with van der Waals surface area (Å²) >= 11 is 0.876. The molecule has 0 atom stereocenters. The van der Waals surface area contributed by atoms with Gasteiger partial charge in [-0.05, 0) is 0 Å². The number of aromatic nitrogens is 2. The summed E-state index contributed by atoms with van der Waals surface area (Å²) < 4.78 is 41.7. The third kappa shape index (κ3) is 3.35. The number of carbonyl (C=O) groups is 1. The molecule has 3 rings (SSSR count). The van der Waals surface area contributed by atoms with E-state index in [9.17, 15) is 13.2 Å². The quantitative estimate of drug-likeness (QED) is 0.479. The van der Waals surface area contributed by atoms with Crippen molar-refractivity contribution in [3.63, 3.8) is 0 Å². The number of fused-ring (bicyclic) bond motifs is 1. The Balaban J connectivity index is 2.06. The first-order valence-electron chi connectivity index (χ1n) is 7.36. The Morgan fingerprint density at radius 3 is 2.80 bits per heavy atom. The third-order valence-electron chi connectivity index (χ3n) is 3.63. The van der Waals surface area contributed by atoms with Gasteiger partial charge in [0, 0.05) is 0 Å². The number of hydrogen-bond acceptors (Lipinski definition) is 7. The van der Waals surface area contributed by atoms with Crippen LogP contribution in [0.2, 0.25) is 0 Å². The number of thiophene rings is 1. The second kappa shape index (κ2) is 6.87. The van der Waals surface area contributed by atoms with Crippen molar-refractivity contribution >= 4 is 58.3 Å². The first-order valence-corrected chi connectivity index (χ1v) is 11.2. The van der Waals surface area contributed by atoms with E-state index in [-0.39, 0.29) is 37.0 Å². The molecule has 25 heavy (non-hydrogen) atoms. The van der Waals surface area contributed by atoms with Crippen LogP contribution < -0.4 is 4.72 Å². The van der Waals surface area contributed by atoms with Crippen LogP contribution >= 0.6 is 11.3 Å². The average molecular weight is 444 g/mol. The van der Waals surface area contributed by atoms with Crippen LogP contribution in [0.3, 0.4) is 0 Å². The van der Waals surface area contributed by atoms with E-state index in [2.05, 4.69) is 12.7 Å². The summed E-state index contributed by atoms with van der Waals surface area (Å²) in [6, 6.07) is 4.85. The van der Waals surface area contributed by atoms with Crippen LogP contribution in [-0.4, -0.2) is 43.9 Å². The molecule has 7 nitrogen and oxygen atoms in total. The molecule has 0 aliphatic rings. The van der Waals surface area contributed by atoms with Crippen LogP contribution in [0.5, 0.6) is 0 Å². The summed E-state index contributed by atoms with van der Waals surface area (Å²) in [5, 5.41) is 0.256. The van der Waals surface area contributed by atoms with Gasteiger partial charge in [0.05, 0.1) is 0 Å². The number of benzene rings is 1. The van der Waals surface area contributed by atoms with Crippen LogP contribution in [0, 0.1) is 13.8 Å². The second-order valence-electron chi connectivity index (χ2n) is 5.20. The number of sulfonamides is 1. The molecule has 0 unspecified atom stereocenters. The van der Waals surface area contributed by atoms with Gasteiger partial charge in [-0.15, -0.1) is 0 Å². The Bertz CT molecular complexity index is 1060. The molecule has 0 aliphatic heterocycles. The van der Waals surface area contributed by atoms with Gasteiger partial charge in [-0.1, -0.05) is 0 Å². The van der Waals surface area contributed by atoms with Crippen LogP contribution in [0.4, 0.5) is 5.00 Å². The van der Waals surface area contributed by atoms with Gasteiger partial charge >= 0.3 is 155 Å². The van der Waals surface area contributed by atoms with Crippen LogP contribution in [0.1, 0.15) is 27.7 Å². The van der Waals surface area contributed by atoms with Crippen LogP contribution in [0.15, 0.2) is 23.1 Å². The zero-order chi connectivity index (χ0) is 18.2. The Kier molecular flexibility index (Phi) is 4.97. The van der Waals surface area contributed by atoms with Crippen molar-refractivity contribution in [2.75, 3.05) is 11.3 Å². The fourth-order valence-corrected chi connectivity index (χ4v) is 6.12. The summed E-state index contributed by atoms with van der Waals surface area (Å²) in [6.07, 6.45) is 0. The topological polar surface area (TPSA) is 98.2 Å². The molecule has 2 aromatic heterocycles. The van der Waals surface area contributed by atoms with Crippen molar-refractivity contribution in [1.82, 2.24) is 7.96 Å². The minimum absolute atomic E-state index is 0.0617. The predicted octanol–water partition coefficient (Wildman–Crippen LogP) is 2.34. The second-order valence-corrected chi connectivity index (χ2v) is 9.19. The molecule has 3 aromatic rings. The van der Waals surface area contributed by atoms with E-state index < -0.39 is 16.0 Å². The van der Waals surface area contributed by atoms with Crippen molar-refractivity contribution < 1.29 is 17.9 Å². The van der Waals surface area contributed by atoms with Crippen molar-refractivity contribution in [1.29, 1.82) is 0 Å². The van der Waals surface area contributed by atoms with E-state index in [4.69, 9.17) is 4.74 Å². The number of anilines is 1. The van der Waals surface area contributed by atoms with Crippen molar-refractivity contribution in [2.45, 2.75) is 25.7 Å². The summed E-state index contributed by atoms with van der Waals surface area (Å²) in [5.41, 5.74) is 1.92. The molecule has 0 fully saturated rings. The molecule has 132 valence electrons. The molecule has 0 amide bonds. The molecule has 0 radical (unpaired) electrons. The first kappa shape index (κ1) is 18.1. The molecule has 0 saturated carbocycles. The Hall–Kier alpha value is -1.74. The zero-order valence-corrected chi connectivity index (χ0v) is 17.0. The molecule has 2 heterocycles.